The predicted octanol–water partition coefficient (Wildman–Crippen LogP) is 2.53. The highest BCUT2D eigenvalue weighted by molar-refractivity contribution is 5.46. The van der Waals surface area contributed by atoms with Crippen LogP contribution in [0.4, 0.5) is 5.82 Å². The number of hydrogen-bond donors (Lipinski definition) is 0. The molecule has 1 atom stereocenters. The van der Waals surface area contributed by atoms with Gasteiger partial charge < -0.3 is 9.80 Å². The van der Waals surface area contributed by atoms with Gasteiger partial charge in [0, 0.05) is 19.6 Å². The molecule has 0 bridgehead atoms. The quantitative estimate of drug-likeness (QED) is 0.866. The predicted molar refractivity (Wildman–Crippen MR) is 95.4 cm³/mol. The second-order valence-electron chi connectivity index (χ2n) is 7.38. The molecule has 130 valence electrons. The molecule has 2 aliphatic rings. The largest absolute Gasteiger partial charge is 0.355 e. The number of rotatable bonds is 3. The van der Waals surface area contributed by atoms with E-state index in [1.807, 2.05) is 17.5 Å². The van der Waals surface area contributed by atoms with E-state index in [0.717, 1.165) is 36.3 Å². The number of likely N-dealkylation sites (tertiary alicyclic amines) is 1. The van der Waals surface area contributed by atoms with Crippen LogP contribution in [0.3, 0.4) is 0 Å². The van der Waals surface area contributed by atoms with Crippen molar-refractivity contribution in [2.24, 2.45) is 5.92 Å². The zero-order chi connectivity index (χ0) is 16.4. The number of piperidine rings is 1. The van der Waals surface area contributed by atoms with Crippen LogP contribution in [-0.4, -0.2) is 57.4 Å². The lowest BCUT2D eigenvalue weighted by Gasteiger charge is -2.36. The average molecular weight is 328 g/mol. The molecule has 24 heavy (non-hydrogen) atoms. The highest BCUT2D eigenvalue weighted by atomic mass is 15.4. The van der Waals surface area contributed by atoms with Crippen molar-refractivity contribution in [2.75, 3.05) is 37.6 Å². The van der Waals surface area contributed by atoms with Crippen molar-refractivity contribution in [1.82, 2.24) is 24.7 Å². The molecule has 0 unspecified atom stereocenters. The summed E-state index contributed by atoms with van der Waals surface area (Å²) in [6, 6.07) is 4.12. The standard InChI is InChI=1S/C18H28N6/c1-15-19-20-17-8-9-18(21-24(15)17)23-12-6-7-16(14-23)13-22-10-4-2-3-5-11-22/h8-9,16H,2-7,10-14H2,1H3/t16-/m0/s1. The van der Waals surface area contributed by atoms with Gasteiger partial charge in [-0.05, 0) is 63.7 Å². The first-order valence-corrected chi connectivity index (χ1v) is 9.46. The van der Waals surface area contributed by atoms with Gasteiger partial charge in [0.25, 0.3) is 0 Å². The van der Waals surface area contributed by atoms with E-state index in [2.05, 4.69) is 26.1 Å². The molecule has 0 aliphatic carbocycles. The average Bonchev–Trinajstić information content (AvgIpc) is 2.81. The Labute approximate surface area is 143 Å². The smallest absolute Gasteiger partial charge is 0.178 e. The zero-order valence-corrected chi connectivity index (χ0v) is 14.7. The van der Waals surface area contributed by atoms with E-state index in [-0.39, 0.29) is 0 Å². The van der Waals surface area contributed by atoms with Gasteiger partial charge >= 0.3 is 0 Å². The third kappa shape index (κ3) is 3.38. The Morgan fingerprint density at radius 1 is 1.00 bits per heavy atom. The fourth-order valence-electron chi connectivity index (χ4n) is 4.16. The number of nitrogens with zero attached hydrogens (tertiary/aromatic N) is 6. The highest BCUT2D eigenvalue weighted by Crippen LogP contribution is 2.23. The van der Waals surface area contributed by atoms with Crippen LogP contribution in [0.15, 0.2) is 12.1 Å². The molecule has 6 nitrogen and oxygen atoms in total. The van der Waals surface area contributed by atoms with Gasteiger partial charge in [0.1, 0.15) is 5.82 Å². The number of anilines is 1. The molecule has 2 aromatic rings. The van der Waals surface area contributed by atoms with Crippen molar-refractivity contribution in [3.8, 4) is 0 Å². The maximum Gasteiger partial charge on any atom is 0.178 e. The molecule has 0 amide bonds. The van der Waals surface area contributed by atoms with Crippen molar-refractivity contribution in [1.29, 1.82) is 0 Å². The minimum absolute atomic E-state index is 0.761. The third-order valence-corrected chi connectivity index (χ3v) is 5.46. The van der Waals surface area contributed by atoms with Gasteiger partial charge in [-0.3, -0.25) is 0 Å². The maximum absolute atomic E-state index is 4.76. The number of aromatic nitrogens is 4. The van der Waals surface area contributed by atoms with Gasteiger partial charge in [0.15, 0.2) is 11.5 Å². The van der Waals surface area contributed by atoms with Crippen LogP contribution in [0.25, 0.3) is 5.65 Å². The van der Waals surface area contributed by atoms with Gasteiger partial charge in [-0.2, -0.15) is 4.52 Å². The van der Waals surface area contributed by atoms with Crippen molar-refractivity contribution in [2.45, 2.75) is 45.4 Å². The number of hydrogen-bond acceptors (Lipinski definition) is 5. The number of aryl methyl sites for hydroxylation is 1. The van der Waals surface area contributed by atoms with Gasteiger partial charge in [-0.25, -0.2) is 0 Å². The summed E-state index contributed by atoms with van der Waals surface area (Å²) in [5.74, 6) is 2.67. The Hall–Kier alpha value is -1.69. The van der Waals surface area contributed by atoms with E-state index in [9.17, 15) is 0 Å². The molecule has 2 aliphatic heterocycles. The molecule has 0 radical (unpaired) electrons. The summed E-state index contributed by atoms with van der Waals surface area (Å²) in [7, 11) is 0. The lowest BCUT2D eigenvalue weighted by atomic mass is 9.97. The number of fused-ring (bicyclic) bond motifs is 1. The Morgan fingerprint density at radius 2 is 1.83 bits per heavy atom. The molecule has 2 saturated heterocycles. The summed E-state index contributed by atoms with van der Waals surface area (Å²) in [6.07, 6.45) is 8.19. The van der Waals surface area contributed by atoms with E-state index in [1.54, 1.807) is 0 Å². The van der Waals surface area contributed by atoms with Crippen LogP contribution in [0.2, 0.25) is 0 Å². The Balaban J connectivity index is 1.44. The van der Waals surface area contributed by atoms with Gasteiger partial charge in [-0.15, -0.1) is 15.3 Å². The Kier molecular flexibility index (Phi) is 4.65. The first-order valence-electron chi connectivity index (χ1n) is 9.46. The topological polar surface area (TPSA) is 49.6 Å². The van der Waals surface area contributed by atoms with E-state index >= 15 is 0 Å². The Bertz CT molecular complexity index is 673. The second-order valence-corrected chi connectivity index (χ2v) is 7.38. The van der Waals surface area contributed by atoms with Gasteiger partial charge in [0.2, 0.25) is 0 Å². The van der Waals surface area contributed by atoms with E-state index in [0.29, 0.717) is 0 Å². The van der Waals surface area contributed by atoms with Gasteiger partial charge in [0.05, 0.1) is 0 Å². The Morgan fingerprint density at radius 3 is 2.67 bits per heavy atom. The third-order valence-electron chi connectivity index (χ3n) is 5.46. The normalized spacial score (nSPS) is 23.5. The van der Waals surface area contributed by atoms with E-state index in [4.69, 9.17) is 5.10 Å². The monoisotopic (exact) mass is 328 g/mol. The van der Waals surface area contributed by atoms with Crippen LogP contribution in [-0.2, 0) is 0 Å². The van der Waals surface area contributed by atoms with Crippen molar-refractivity contribution in [3.63, 3.8) is 0 Å². The summed E-state index contributed by atoms with van der Waals surface area (Å²) >= 11 is 0. The molecule has 0 spiro atoms. The molecule has 4 rings (SSSR count). The molecule has 4 heterocycles. The highest BCUT2D eigenvalue weighted by Gasteiger charge is 2.24. The molecule has 0 saturated carbocycles. The van der Waals surface area contributed by atoms with Crippen LogP contribution in [0.1, 0.15) is 44.3 Å². The molecule has 2 fully saturated rings. The summed E-state index contributed by atoms with van der Waals surface area (Å²) < 4.78 is 1.85. The SMILES string of the molecule is Cc1nnc2ccc(N3CCC[C@@H](CN4CCCCCC4)C3)nn12. The molecule has 6 heteroatoms. The van der Waals surface area contributed by atoms with Crippen molar-refractivity contribution >= 4 is 11.5 Å². The minimum Gasteiger partial charge on any atom is -0.355 e. The van der Waals surface area contributed by atoms with Crippen molar-refractivity contribution in [3.05, 3.63) is 18.0 Å². The summed E-state index contributed by atoms with van der Waals surface area (Å²) in [4.78, 5) is 5.15. The molecule has 0 N–H and O–H groups in total. The summed E-state index contributed by atoms with van der Waals surface area (Å²) in [5, 5.41) is 13.0. The summed E-state index contributed by atoms with van der Waals surface area (Å²) in [6.45, 7) is 8.02. The van der Waals surface area contributed by atoms with E-state index in [1.165, 1.54) is 58.2 Å². The first-order chi connectivity index (χ1) is 11.8. The first kappa shape index (κ1) is 15.8. The van der Waals surface area contributed by atoms with Crippen LogP contribution in [0, 0.1) is 12.8 Å². The molecule has 0 aromatic carbocycles. The van der Waals surface area contributed by atoms with E-state index < -0.39 is 0 Å². The molecule has 2 aromatic heterocycles. The zero-order valence-electron chi connectivity index (χ0n) is 14.7. The lowest BCUT2D eigenvalue weighted by molar-refractivity contribution is 0.222. The minimum atomic E-state index is 0.761. The molecular formula is C18H28N6. The maximum atomic E-state index is 4.76. The summed E-state index contributed by atoms with van der Waals surface area (Å²) in [5.41, 5.74) is 0.828. The van der Waals surface area contributed by atoms with Crippen LogP contribution < -0.4 is 4.90 Å². The lowest BCUT2D eigenvalue weighted by Crippen LogP contribution is -2.41. The fourth-order valence-corrected chi connectivity index (χ4v) is 4.16. The van der Waals surface area contributed by atoms with Crippen LogP contribution >= 0.6 is 0 Å². The van der Waals surface area contributed by atoms with Crippen LogP contribution in [0.5, 0.6) is 0 Å². The van der Waals surface area contributed by atoms with Crippen molar-refractivity contribution < 1.29 is 0 Å². The van der Waals surface area contributed by atoms with Gasteiger partial charge in [-0.1, -0.05) is 12.8 Å². The molecular weight excluding hydrogens is 300 g/mol. The fraction of sp³-hybridized carbons (Fsp3) is 0.722. The second kappa shape index (κ2) is 7.05.